The van der Waals surface area contributed by atoms with Crippen LogP contribution in [0.1, 0.15) is 25.7 Å². The van der Waals surface area contributed by atoms with Crippen molar-refractivity contribution in [2.45, 2.75) is 31.7 Å². The van der Waals surface area contributed by atoms with Crippen molar-refractivity contribution in [1.82, 2.24) is 14.9 Å². The second kappa shape index (κ2) is 9.57. The van der Waals surface area contributed by atoms with Gasteiger partial charge in [0.2, 0.25) is 5.91 Å². The molecule has 0 bridgehead atoms. The average molecular weight is 434 g/mol. The number of nitrogens with zero attached hydrogens (tertiary/aromatic N) is 3. The molecule has 4 rings (SSSR count). The predicted octanol–water partition coefficient (Wildman–Crippen LogP) is 3.84. The maximum absolute atomic E-state index is 13.3. The first-order chi connectivity index (χ1) is 14.6. The number of carbonyl (C=O) groups excluding carboxylic acids is 1. The van der Waals surface area contributed by atoms with Gasteiger partial charge in [-0.15, -0.1) is 0 Å². The van der Waals surface area contributed by atoms with E-state index in [0.717, 1.165) is 25.7 Å². The monoisotopic (exact) mass is 433 g/mol. The third kappa shape index (κ3) is 5.17. The highest BCUT2D eigenvalue weighted by Crippen LogP contribution is 2.29. The summed E-state index contributed by atoms with van der Waals surface area (Å²) in [5.74, 6) is 1.21. The fourth-order valence-corrected chi connectivity index (χ4v) is 4.14. The Labute approximate surface area is 180 Å². The Morgan fingerprint density at radius 2 is 1.83 bits per heavy atom. The van der Waals surface area contributed by atoms with Gasteiger partial charge in [-0.05, 0) is 43.9 Å². The van der Waals surface area contributed by atoms with Crippen LogP contribution in [0.2, 0.25) is 5.02 Å². The molecular formula is C21H25ClFN5O2. The molecule has 0 unspecified atom stereocenters. The smallest absolute Gasteiger partial charge is 0.225 e. The minimum Gasteiger partial charge on any atom is -0.378 e. The summed E-state index contributed by atoms with van der Waals surface area (Å²) in [5.41, 5.74) is 0.646. The van der Waals surface area contributed by atoms with Gasteiger partial charge in [-0.3, -0.25) is 4.79 Å². The van der Waals surface area contributed by atoms with E-state index in [9.17, 15) is 9.18 Å². The molecule has 30 heavy (non-hydrogen) atoms. The number of rotatable bonds is 5. The molecule has 2 heterocycles. The van der Waals surface area contributed by atoms with E-state index in [0.29, 0.717) is 43.6 Å². The summed E-state index contributed by atoms with van der Waals surface area (Å²) in [6.07, 6.45) is 5.06. The summed E-state index contributed by atoms with van der Waals surface area (Å²) in [5, 5.41) is 6.60. The third-order valence-corrected chi connectivity index (χ3v) is 5.90. The number of benzene rings is 1. The zero-order valence-corrected chi connectivity index (χ0v) is 17.4. The van der Waals surface area contributed by atoms with Gasteiger partial charge in [0.25, 0.3) is 0 Å². The number of ether oxygens (including phenoxy) is 1. The molecule has 7 nitrogen and oxygen atoms in total. The molecule has 0 spiro atoms. The molecule has 1 aromatic carbocycles. The van der Waals surface area contributed by atoms with Crippen LogP contribution < -0.4 is 10.6 Å². The molecule has 1 saturated carbocycles. The van der Waals surface area contributed by atoms with E-state index in [1.54, 1.807) is 6.07 Å². The van der Waals surface area contributed by atoms with E-state index in [1.807, 2.05) is 11.0 Å². The molecule has 2 aliphatic rings. The molecule has 160 valence electrons. The SMILES string of the molecule is O=C([C@H]1CC[C@H](Nc2cc(Nc3ccc(F)c(Cl)c3)ncn2)CC1)N1CCOCC1. The number of carbonyl (C=O) groups is 1. The average Bonchev–Trinajstić information content (AvgIpc) is 2.77. The summed E-state index contributed by atoms with van der Waals surface area (Å²) in [7, 11) is 0. The lowest BCUT2D eigenvalue weighted by atomic mass is 9.85. The summed E-state index contributed by atoms with van der Waals surface area (Å²) in [4.78, 5) is 23.1. The number of nitrogens with one attached hydrogen (secondary N) is 2. The van der Waals surface area contributed by atoms with Crippen molar-refractivity contribution in [3.8, 4) is 0 Å². The lowest BCUT2D eigenvalue weighted by Gasteiger charge is -2.34. The van der Waals surface area contributed by atoms with Crippen molar-refractivity contribution in [2.75, 3.05) is 36.9 Å². The van der Waals surface area contributed by atoms with E-state index >= 15 is 0 Å². The number of aromatic nitrogens is 2. The first-order valence-corrected chi connectivity index (χ1v) is 10.6. The van der Waals surface area contributed by atoms with Gasteiger partial charge in [-0.2, -0.15) is 0 Å². The maximum Gasteiger partial charge on any atom is 0.225 e. The number of halogens is 2. The van der Waals surface area contributed by atoms with Crippen LogP contribution in [0.15, 0.2) is 30.6 Å². The van der Waals surface area contributed by atoms with Gasteiger partial charge in [0.15, 0.2) is 0 Å². The Hall–Kier alpha value is -2.45. The second-order valence-electron chi connectivity index (χ2n) is 7.67. The molecular weight excluding hydrogens is 409 g/mol. The van der Waals surface area contributed by atoms with Crippen LogP contribution in [0.25, 0.3) is 0 Å². The molecule has 1 aromatic heterocycles. The molecule has 9 heteroatoms. The molecule has 2 aromatic rings. The Morgan fingerprint density at radius 1 is 1.10 bits per heavy atom. The van der Waals surface area contributed by atoms with Gasteiger partial charge < -0.3 is 20.3 Å². The molecule has 1 saturated heterocycles. The lowest BCUT2D eigenvalue weighted by Crippen LogP contribution is -2.45. The fraction of sp³-hybridized carbons (Fsp3) is 0.476. The highest BCUT2D eigenvalue weighted by Gasteiger charge is 2.30. The third-order valence-electron chi connectivity index (χ3n) is 5.61. The van der Waals surface area contributed by atoms with Gasteiger partial charge in [0, 0.05) is 36.8 Å². The van der Waals surface area contributed by atoms with E-state index in [4.69, 9.17) is 16.3 Å². The standard InChI is InChI=1S/C21H25ClFN5O2/c22-17-11-16(5-6-18(17)23)27-20-12-19(24-13-25-20)26-15-3-1-14(2-4-15)21(29)28-7-9-30-10-8-28/h5-6,11-15H,1-4,7-10H2,(H2,24,25,26,27)/t14-,15-. The van der Waals surface area contributed by atoms with Crippen LogP contribution in [0.3, 0.4) is 0 Å². The summed E-state index contributed by atoms with van der Waals surface area (Å²) < 4.78 is 18.7. The highest BCUT2D eigenvalue weighted by molar-refractivity contribution is 6.31. The van der Waals surface area contributed by atoms with Crippen LogP contribution in [0.4, 0.5) is 21.7 Å². The Morgan fingerprint density at radius 3 is 2.57 bits per heavy atom. The van der Waals surface area contributed by atoms with Crippen molar-refractivity contribution in [1.29, 1.82) is 0 Å². The minimum atomic E-state index is -0.463. The Kier molecular flexibility index (Phi) is 6.64. The Balaban J connectivity index is 1.30. The quantitative estimate of drug-likeness (QED) is 0.745. The van der Waals surface area contributed by atoms with Crippen molar-refractivity contribution in [2.24, 2.45) is 5.92 Å². The van der Waals surface area contributed by atoms with Crippen LogP contribution in [-0.4, -0.2) is 53.1 Å². The van der Waals surface area contributed by atoms with E-state index < -0.39 is 5.82 Å². The van der Waals surface area contributed by atoms with Crippen molar-refractivity contribution >= 4 is 34.8 Å². The first kappa shape index (κ1) is 20.8. The predicted molar refractivity (Wildman–Crippen MR) is 113 cm³/mol. The van der Waals surface area contributed by atoms with E-state index in [-0.39, 0.29) is 22.9 Å². The Bertz CT molecular complexity index is 885. The van der Waals surface area contributed by atoms with E-state index in [1.165, 1.54) is 18.5 Å². The van der Waals surface area contributed by atoms with Gasteiger partial charge in [-0.25, -0.2) is 14.4 Å². The fourth-order valence-electron chi connectivity index (χ4n) is 3.96. The number of hydrogen-bond acceptors (Lipinski definition) is 6. The summed E-state index contributed by atoms with van der Waals surface area (Å²) >= 11 is 5.83. The second-order valence-corrected chi connectivity index (χ2v) is 8.08. The molecule has 0 atom stereocenters. The van der Waals surface area contributed by atoms with Crippen LogP contribution in [0, 0.1) is 11.7 Å². The van der Waals surface area contributed by atoms with Crippen LogP contribution >= 0.6 is 11.6 Å². The molecule has 1 aliphatic heterocycles. The summed E-state index contributed by atoms with van der Waals surface area (Å²) in [6, 6.07) is 6.49. The minimum absolute atomic E-state index is 0.0517. The largest absolute Gasteiger partial charge is 0.378 e. The zero-order valence-electron chi connectivity index (χ0n) is 16.6. The number of amides is 1. The van der Waals surface area contributed by atoms with Crippen molar-refractivity contribution in [3.63, 3.8) is 0 Å². The molecule has 0 radical (unpaired) electrons. The molecule has 1 aliphatic carbocycles. The van der Waals surface area contributed by atoms with Gasteiger partial charge in [0.05, 0.1) is 18.2 Å². The number of anilines is 3. The van der Waals surface area contributed by atoms with Gasteiger partial charge in [-0.1, -0.05) is 11.6 Å². The maximum atomic E-state index is 13.3. The lowest BCUT2D eigenvalue weighted by molar-refractivity contribution is -0.140. The normalized spacial score (nSPS) is 21.9. The molecule has 2 fully saturated rings. The zero-order chi connectivity index (χ0) is 20.9. The highest BCUT2D eigenvalue weighted by atomic mass is 35.5. The molecule has 2 N–H and O–H groups in total. The number of morpholine rings is 1. The van der Waals surface area contributed by atoms with Gasteiger partial charge >= 0.3 is 0 Å². The van der Waals surface area contributed by atoms with Crippen molar-refractivity contribution in [3.05, 3.63) is 41.4 Å². The number of hydrogen-bond donors (Lipinski definition) is 2. The van der Waals surface area contributed by atoms with E-state index in [2.05, 4.69) is 20.6 Å². The van der Waals surface area contributed by atoms with Crippen LogP contribution in [-0.2, 0) is 9.53 Å². The summed E-state index contributed by atoms with van der Waals surface area (Å²) in [6.45, 7) is 2.67. The first-order valence-electron chi connectivity index (χ1n) is 10.3. The topological polar surface area (TPSA) is 79.4 Å². The van der Waals surface area contributed by atoms with Gasteiger partial charge in [0.1, 0.15) is 23.8 Å². The molecule has 1 amide bonds. The van der Waals surface area contributed by atoms with Crippen LogP contribution in [0.5, 0.6) is 0 Å². The van der Waals surface area contributed by atoms with Crippen molar-refractivity contribution < 1.29 is 13.9 Å².